The summed E-state index contributed by atoms with van der Waals surface area (Å²) in [5.41, 5.74) is 11.8. The second-order valence-corrected chi connectivity index (χ2v) is 8.17. The molecule has 9 nitrogen and oxygen atoms in total. The second kappa shape index (κ2) is 9.29. The Kier molecular flexibility index (Phi) is 6.42. The Bertz CT molecular complexity index is 1110. The number of hydrogen-bond donors (Lipinski definition) is 4. The second-order valence-electron chi connectivity index (χ2n) is 8.17. The van der Waals surface area contributed by atoms with Crippen LogP contribution in [0.15, 0.2) is 30.3 Å². The van der Waals surface area contributed by atoms with Gasteiger partial charge in [-0.2, -0.15) is 13.2 Å². The summed E-state index contributed by atoms with van der Waals surface area (Å²) in [6, 6.07) is 5.91. The van der Waals surface area contributed by atoms with Gasteiger partial charge in [-0.05, 0) is 36.2 Å². The number of alkyl halides is 3. The fourth-order valence-electron chi connectivity index (χ4n) is 3.94. The molecule has 0 aromatic heterocycles. The summed E-state index contributed by atoms with van der Waals surface area (Å²) in [5, 5.41) is 5.15. The van der Waals surface area contributed by atoms with Gasteiger partial charge in [-0.1, -0.05) is 0 Å². The van der Waals surface area contributed by atoms with Crippen molar-refractivity contribution in [1.82, 2.24) is 15.5 Å². The maximum absolute atomic E-state index is 12.9. The topological polar surface area (TPSA) is 132 Å². The maximum atomic E-state index is 12.9. The summed E-state index contributed by atoms with van der Waals surface area (Å²) in [4.78, 5) is 26.7. The largest absolute Gasteiger partial charge is 0.454 e. The summed E-state index contributed by atoms with van der Waals surface area (Å²) in [6.45, 7) is 1.65. The molecule has 0 bridgehead atoms. The number of carbonyl (C=O) groups excluding carboxylic acids is 2. The smallest absolute Gasteiger partial charge is 0.416 e. The molecule has 0 aliphatic carbocycles. The molecule has 2 amide bonds. The predicted octanol–water partition coefficient (Wildman–Crippen LogP) is 1.72. The van der Waals surface area contributed by atoms with E-state index < -0.39 is 23.6 Å². The van der Waals surface area contributed by atoms with Gasteiger partial charge in [-0.3, -0.25) is 14.5 Å². The SMILES string of the molecule is Nc1cc2c(cc1CN1CC[C@@H](NC(=O)CNC(=O)c3cc(C(F)(F)F)ccc3N)C1)OCO2. The van der Waals surface area contributed by atoms with E-state index >= 15 is 0 Å². The molecule has 0 saturated carbocycles. The van der Waals surface area contributed by atoms with Crippen LogP contribution < -0.4 is 31.6 Å². The van der Waals surface area contributed by atoms with Crippen molar-refractivity contribution >= 4 is 23.2 Å². The quantitative estimate of drug-likeness (QED) is 0.464. The number of nitrogens with one attached hydrogen (secondary N) is 2. The van der Waals surface area contributed by atoms with Crippen LogP contribution in [-0.4, -0.2) is 49.2 Å². The Morgan fingerprint density at radius 3 is 2.56 bits per heavy atom. The molecule has 6 N–H and O–H groups in total. The van der Waals surface area contributed by atoms with Gasteiger partial charge in [0.05, 0.1) is 17.7 Å². The summed E-state index contributed by atoms with van der Waals surface area (Å²) < 4.78 is 49.4. The van der Waals surface area contributed by atoms with Crippen molar-refractivity contribution in [3.05, 3.63) is 47.0 Å². The molecular formula is C22H24F3N5O4. The first-order valence-electron chi connectivity index (χ1n) is 10.5. The number of carbonyl (C=O) groups is 2. The first kappa shape index (κ1) is 23.5. The third kappa shape index (κ3) is 5.28. The van der Waals surface area contributed by atoms with Crippen LogP contribution in [0.3, 0.4) is 0 Å². The molecule has 0 unspecified atom stereocenters. The summed E-state index contributed by atoms with van der Waals surface area (Å²) in [7, 11) is 0. The molecule has 0 spiro atoms. The van der Waals surface area contributed by atoms with Gasteiger partial charge in [0.25, 0.3) is 5.91 Å². The van der Waals surface area contributed by atoms with Crippen LogP contribution in [0, 0.1) is 0 Å². The minimum Gasteiger partial charge on any atom is -0.454 e. The number of likely N-dealkylation sites (tertiary alicyclic amines) is 1. The maximum Gasteiger partial charge on any atom is 0.416 e. The summed E-state index contributed by atoms with van der Waals surface area (Å²) in [6.07, 6.45) is -3.91. The van der Waals surface area contributed by atoms with Crippen LogP contribution in [0.25, 0.3) is 0 Å². The van der Waals surface area contributed by atoms with Gasteiger partial charge in [0.1, 0.15) is 0 Å². The molecule has 2 aliphatic heterocycles. The monoisotopic (exact) mass is 479 g/mol. The molecule has 182 valence electrons. The summed E-state index contributed by atoms with van der Waals surface area (Å²) >= 11 is 0. The van der Waals surface area contributed by atoms with Crippen LogP contribution >= 0.6 is 0 Å². The van der Waals surface area contributed by atoms with Crippen LogP contribution in [0.1, 0.15) is 27.9 Å². The number of fused-ring (bicyclic) bond motifs is 1. The number of nitrogens with zero attached hydrogens (tertiary/aromatic N) is 1. The number of nitrogen functional groups attached to an aromatic ring is 2. The third-order valence-corrected chi connectivity index (χ3v) is 5.70. The Morgan fingerprint density at radius 1 is 1.09 bits per heavy atom. The molecule has 4 rings (SSSR count). The Balaban J connectivity index is 1.26. The van der Waals surface area contributed by atoms with E-state index in [4.69, 9.17) is 20.9 Å². The average molecular weight is 479 g/mol. The molecule has 1 saturated heterocycles. The number of hydrogen-bond acceptors (Lipinski definition) is 7. The fraction of sp³-hybridized carbons (Fsp3) is 0.364. The Labute approximate surface area is 193 Å². The van der Waals surface area contributed by atoms with Crippen LogP contribution in [0.5, 0.6) is 11.5 Å². The van der Waals surface area contributed by atoms with Crippen LogP contribution in [0.2, 0.25) is 0 Å². The normalized spacial score (nSPS) is 17.6. The van der Waals surface area contributed by atoms with E-state index in [1.807, 2.05) is 6.07 Å². The van der Waals surface area contributed by atoms with E-state index in [0.29, 0.717) is 42.8 Å². The van der Waals surface area contributed by atoms with Gasteiger partial charge < -0.3 is 31.6 Å². The molecule has 12 heteroatoms. The van der Waals surface area contributed by atoms with Crippen molar-refractivity contribution in [1.29, 1.82) is 0 Å². The van der Waals surface area contributed by atoms with Crippen molar-refractivity contribution < 1.29 is 32.2 Å². The van der Waals surface area contributed by atoms with Crippen molar-refractivity contribution in [2.45, 2.75) is 25.2 Å². The lowest BCUT2D eigenvalue weighted by Crippen LogP contribution is -2.43. The highest BCUT2D eigenvalue weighted by Crippen LogP contribution is 2.36. The molecule has 2 aromatic carbocycles. The predicted molar refractivity (Wildman–Crippen MR) is 117 cm³/mol. The van der Waals surface area contributed by atoms with Gasteiger partial charge in [-0.25, -0.2) is 0 Å². The van der Waals surface area contributed by atoms with Gasteiger partial charge in [-0.15, -0.1) is 0 Å². The zero-order chi connectivity index (χ0) is 24.5. The lowest BCUT2D eigenvalue weighted by Gasteiger charge is -2.18. The first-order valence-corrected chi connectivity index (χ1v) is 10.5. The Hall–Kier alpha value is -3.67. The molecule has 2 heterocycles. The van der Waals surface area contributed by atoms with Crippen molar-refractivity contribution in [3.8, 4) is 11.5 Å². The lowest BCUT2D eigenvalue weighted by molar-refractivity contribution is -0.137. The van der Waals surface area contributed by atoms with E-state index in [1.54, 1.807) is 6.07 Å². The highest BCUT2D eigenvalue weighted by Gasteiger charge is 2.32. The number of ether oxygens (including phenoxy) is 2. The van der Waals surface area contributed by atoms with E-state index in [9.17, 15) is 22.8 Å². The number of rotatable bonds is 6. The molecule has 2 aliphatic rings. The number of amides is 2. The minimum atomic E-state index is -4.61. The highest BCUT2D eigenvalue weighted by molar-refractivity contribution is 6.00. The average Bonchev–Trinajstić information content (AvgIpc) is 3.40. The van der Waals surface area contributed by atoms with Gasteiger partial charge in [0.15, 0.2) is 11.5 Å². The highest BCUT2D eigenvalue weighted by atomic mass is 19.4. The van der Waals surface area contributed by atoms with E-state index in [1.165, 1.54) is 0 Å². The standard InChI is InChI=1S/C22H24F3N5O4/c23-22(24,25)13-1-2-16(26)15(6-13)21(32)28-8-20(31)29-14-3-4-30(10-14)9-12-5-18-19(7-17(12)27)34-11-33-18/h1-2,5-7,14H,3-4,8-11,26-27H2,(H,28,32)(H,29,31)/t14-/m1/s1. The van der Waals surface area contributed by atoms with Gasteiger partial charge in [0.2, 0.25) is 12.7 Å². The third-order valence-electron chi connectivity index (χ3n) is 5.70. The molecule has 1 fully saturated rings. The number of benzene rings is 2. The Morgan fingerprint density at radius 2 is 1.82 bits per heavy atom. The molecule has 0 radical (unpaired) electrons. The van der Waals surface area contributed by atoms with Gasteiger partial charge in [0, 0.05) is 43.1 Å². The van der Waals surface area contributed by atoms with Gasteiger partial charge >= 0.3 is 6.18 Å². The van der Waals surface area contributed by atoms with E-state index in [0.717, 1.165) is 24.2 Å². The van der Waals surface area contributed by atoms with Crippen molar-refractivity contribution in [3.63, 3.8) is 0 Å². The van der Waals surface area contributed by atoms with Crippen molar-refractivity contribution in [2.75, 3.05) is 37.9 Å². The number of halogens is 3. The number of anilines is 2. The van der Waals surface area contributed by atoms with Crippen LogP contribution in [-0.2, 0) is 17.5 Å². The van der Waals surface area contributed by atoms with E-state index in [2.05, 4.69) is 15.5 Å². The minimum absolute atomic E-state index is 0.111. The number of nitrogens with two attached hydrogens (primary N) is 2. The fourth-order valence-corrected chi connectivity index (χ4v) is 3.94. The molecular weight excluding hydrogens is 455 g/mol. The zero-order valence-corrected chi connectivity index (χ0v) is 18.1. The zero-order valence-electron chi connectivity index (χ0n) is 18.1. The molecule has 1 atom stereocenters. The van der Waals surface area contributed by atoms with Crippen molar-refractivity contribution in [2.24, 2.45) is 0 Å². The molecule has 34 heavy (non-hydrogen) atoms. The molecule has 2 aromatic rings. The summed E-state index contributed by atoms with van der Waals surface area (Å²) in [5.74, 6) is -0.0504. The lowest BCUT2D eigenvalue weighted by atomic mass is 10.1. The first-order chi connectivity index (χ1) is 16.1. The van der Waals surface area contributed by atoms with E-state index in [-0.39, 0.29) is 30.6 Å². The van der Waals surface area contributed by atoms with Crippen LogP contribution in [0.4, 0.5) is 24.5 Å².